The maximum absolute atomic E-state index is 11.6. The SMILES string of the molecule is COc1ccc(NCC(=O)NN=Cc2ccc(C)o2)cc1. The van der Waals surface area contributed by atoms with Crippen molar-refractivity contribution in [3.05, 3.63) is 47.9 Å². The zero-order valence-electron chi connectivity index (χ0n) is 11.9. The van der Waals surface area contributed by atoms with Crippen molar-refractivity contribution < 1.29 is 13.9 Å². The highest BCUT2D eigenvalue weighted by Gasteiger charge is 2.00. The van der Waals surface area contributed by atoms with Crippen LogP contribution in [0.5, 0.6) is 5.75 Å². The van der Waals surface area contributed by atoms with Crippen LogP contribution in [-0.4, -0.2) is 25.8 Å². The van der Waals surface area contributed by atoms with Gasteiger partial charge in [-0.1, -0.05) is 0 Å². The molecule has 6 heteroatoms. The van der Waals surface area contributed by atoms with Gasteiger partial charge < -0.3 is 14.5 Å². The van der Waals surface area contributed by atoms with E-state index in [4.69, 9.17) is 9.15 Å². The predicted molar refractivity (Wildman–Crippen MR) is 80.7 cm³/mol. The van der Waals surface area contributed by atoms with Crippen LogP contribution in [-0.2, 0) is 4.79 Å². The fourth-order valence-corrected chi connectivity index (χ4v) is 1.62. The van der Waals surface area contributed by atoms with Crippen LogP contribution < -0.4 is 15.5 Å². The Morgan fingerprint density at radius 2 is 2.05 bits per heavy atom. The molecule has 21 heavy (non-hydrogen) atoms. The number of carbonyl (C=O) groups is 1. The van der Waals surface area contributed by atoms with Gasteiger partial charge in [0.05, 0.1) is 19.9 Å². The van der Waals surface area contributed by atoms with Crippen LogP contribution in [0.3, 0.4) is 0 Å². The Kier molecular flexibility index (Phi) is 4.98. The minimum absolute atomic E-state index is 0.126. The molecule has 0 atom stereocenters. The van der Waals surface area contributed by atoms with Crippen molar-refractivity contribution in [1.29, 1.82) is 0 Å². The van der Waals surface area contributed by atoms with Crippen molar-refractivity contribution in [2.45, 2.75) is 6.92 Å². The molecular formula is C15H17N3O3. The molecule has 1 amide bonds. The molecule has 6 nitrogen and oxygen atoms in total. The quantitative estimate of drug-likeness (QED) is 0.630. The highest BCUT2D eigenvalue weighted by atomic mass is 16.5. The number of hydrogen-bond donors (Lipinski definition) is 2. The summed E-state index contributed by atoms with van der Waals surface area (Å²) in [7, 11) is 1.61. The van der Waals surface area contributed by atoms with E-state index >= 15 is 0 Å². The van der Waals surface area contributed by atoms with E-state index in [2.05, 4.69) is 15.8 Å². The molecule has 0 saturated heterocycles. The third-order valence-electron chi connectivity index (χ3n) is 2.69. The molecule has 1 aromatic carbocycles. The third kappa shape index (κ3) is 4.68. The maximum Gasteiger partial charge on any atom is 0.259 e. The lowest BCUT2D eigenvalue weighted by Gasteiger charge is -2.06. The first-order valence-corrected chi connectivity index (χ1v) is 6.43. The Balaban J connectivity index is 1.75. The summed E-state index contributed by atoms with van der Waals surface area (Å²) in [5, 5.41) is 6.80. The van der Waals surface area contributed by atoms with E-state index < -0.39 is 0 Å². The number of aryl methyl sites for hydroxylation is 1. The normalized spacial score (nSPS) is 10.6. The number of amides is 1. The van der Waals surface area contributed by atoms with Gasteiger partial charge in [0.1, 0.15) is 17.3 Å². The number of rotatable bonds is 6. The first-order chi connectivity index (χ1) is 10.2. The van der Waals surface area contributed by atoms with Gasteiger partial charge >= 0.3 is 0 Å². The Morgan fingerprint density at radius 1 is 1.29 bits per heavy atom. The molecule has 0 aliphatic rings. The minimum atomic E-state index is -0.245. The van der Waals surface area contributed by atoms with Gasteiger partial charge in [-0.15, -0.1) is 0 Å². The lowest BCUT2D eigenvalue weighted by atomic mass is 10.3. The molecule has 1 heterocycles. The number of hydrogen-bond acceptors (Lipinski definition) is 5. The summed E-state index contributed by atoms with van der Waals surface area (Å²) >= 11 is 0. The molecule has 2 N–H and O–H groups in total. The Labute approximate surface area is 122 Å². The molecule has 2 aromatic rings. The van der Waals surface area contributed by atoms with Crippen molar-refractivity contribution >= 4 is 17.8 Å². The number of nitrogens with zero attached hydrogens (tertiary/aromatic N) is 1. The zero-order chi connectivity index (χ0) is 15.1. The third-order valence-corrected chi connectivity index (χ3v) is 2.69. The summed E-state index contributed by atoms with van der Waals surface area (Å²) in [5.74, 6) is 1.91. The van der Waals surface area contributed by atoms with Crippen molar-refractivity contribution in [3.8, 4) is 5.75 Å². The first-order valence-electron chi connectivity index (χ1n) is 6.43. The van der Waals surface area contributed by atoms with E-state index in [1.54, 1.807) is 13.2 Å². The van der Waals surface area contributed by atoms with E-state index in [1.165, 1.54) is 6.21 Å². The molecule has 0 fully saturated rings. The number of benzene rings is 1. The Bertz CT molecular complexity index is 617. The number of carbonyl (C=O) groups excluding carboxylic acids is 1. The second kappa shape index (κ2) is 7.14. The summed E-state index contributed by atoms with van der Waals surface area (Å²) in [5.41, 5.74) is 3.25. The zero-order valence-corrected chi connectivity index (χ0v) is 11.9. The van der Waals surface area contributed by atoms with Crippen LogP contribution in [0.2, 0.25) is 0 Å². The van der Waals surface area contributed by atoms with Gasteiger partial charge in [0.2, 0.25) is 0 Å². The van der Waals surface area contributed by atoms with Crippen LogP contribution in [0.1, 0.15) is 11.5 Å². The second-order valence-corrected chi connectivity index (χ2v) is 4.32. The average molecular weight is 287 g/mol. The first kappa shape index (κ1) is 14.6. The molecule has 0 aliphatic heterocycles. The van der Waals surface area contributed by atoms with Crippen LogP contribution in [0.25, 0.3) is 0 Å². The van der Waals surface area contributed by atoms with Crippen LogP contribution >= 0.6 is 0 Å². The highest BCUT2D eigenvalue weighted by molar-refractivity contribution is 5.83. The summed E-state index contributed by atoms with van der Waals surface area (Å²) in [6.07, 6.45) is 1.46. The van der Waals surface area contributed by atoms with E-state index in [0.717, 1.165) is 17.2 Å². The minimum Gasteiger partial charge on any atom is -0.497 e. The number of methoxy groups -OCH3 is 1. The van der Waals surface area contributed by atoms with Gasteiger partial charge in [-0.3, -0.25) is 4.79 Å². The maximum atomic E-state index is 11.6. The lowest BCUT2D eigenvalue weighted by molar-refractivity contribution is -0.119. The van der Waals surface area contributed by atoms with Crippen molar-refractivity contribution in [2.24, 2.45) is 5.10 Å². The summed E-state index contributed by atoms with van der Waals surface area (Å²) < 4.78 is 10.3. The molecule has 0 spiro atoms. The monoisotopic (exact) mass is 287 g/mol. The highest BCUT2D eigenvalue weighted by Crippen LogP contribution is 2.14. The van der Waals surface area contributed by atoms with E-state index in [1.807, 2.05) is 37.3 Å². The molecule has 0 bridgehead atoms. The lowest BCUT2D eigenvalue weighted by Crippen LogP contribution is -2.25. The van der Waals surface area contributed by atoms with Gasteiger partial charge in [0.15, 0.2) is 0 Å². The number of nitrogens with one attached hydrogen (secondary N) is 2. The van der Waals surface area contributed by atoms with Crippen molar-refractivity contribution in [3.63, 3.8) is 0 Å². The number of furan rings is 1. The molecule has 1 aromatic heterocycles. The summed E-state index contributed by atoms with van der Waals surface area (Å²) in [6, 6.07) is 10.9. The Hall–Kier alpha value is -2.76. The van der Waals surface area contributed by atoms with Gasteiger partial charge in [0.25, 0.3) is 5.91 Å². The molecule has 0 aliphatic carbocycles. The fourth-order valence-electron chi connectivity index (χ4n) is 1.62. The van der Waals surface area contributed by atoms with Gasteiger partial charge in [-0.05, 0) is 43.3 Å². The molecule has 110 valence electrons. The fraction of sp³-hybridized carbons (Fsp3) is 0.200. The predicted octanol–water partition coefficient (Wildman–Crippen LogP) is 2.16. The average Bonchev–Trinajstić information content (AvgIpc) is 2.91. The largest absolute Gasteiger partial charge is 0.497 e. The summed E-state index contributed by atoms with van der Waals surface area (Å²) in [4.78, 5) is 11.6. The van der Waals surface area contributed by atoms with Crippen LogP contribution in [0.4, 0.5) is 5.69 Å². The second-order valence-electron chi connectivity index (χ2n) is 4.32. The topological polar surface area (TPSA) is 75.9 Å². The number of hydrazone groups is 1. The molecule has 0 radical (unpaired) electrons. The molecular weight excluding hydrogens is 270 g/mol. The van der Waals surface area contributed by atoms with Crippen LogP contribution in [0.15, 0.2) is 45.9 Å². The van der Waals surface area contributed by atoms with E-state index in [-0.39, 0.29) is 12.5 Å². The Morgan fingerprint density at radius 3 is 2.67 bits per heavy atom. The van der Waals surface area contributed by atoms with Crippen LogP contribution in [0, 0.1) is 6.92 Å². The van der Waals surface area contributed by atoms with Gasteiger partial charge in [0, 0.05) is 5.69 Å². The van der Waals surface area contributed by atoms with E-state index in [0.29, 0.717) is 5.76 Å². The van der Waals surface area contributed by atoms with Crippen molar-refractivity contribution in [2.75, 3.05) is 19.0 Å². The smallest absolute Gasteiger partial charge is 0.259 e. The molecule has 0 unspecified atom stereocenters. The molecule has 0 saturated carbocycles. The van der Waals surface area contributed by atoms with Gasteiger partial charge in [-0.25, -0.2) is 5.43 Å². The molecule has 2 rings (SSSR count). The van der Waals surface area contributed by atoms with E-state index in [9.17, 15) is 4.79 Å². The summed E-state index contributed by atoms with van der Waals surface area (Å²) in [6.45, 7) is 1.97. The number of ether oxygens (including phenoxy) is 1. The number of anilines is 1. The van der Waals surface area contributed by atoms with Crippen molar-refractivity contribution in [1.82, 2.24) is 5.43 Å². The van der Waals surface area contributed by atoms with Gasteiger partial charge in [-0.2, -0.15) is 5.10 Å². The standard InChI is InChI=1S/C15H17N3O3/c1-11-3-6-14(21-11)9-17-18-15(19)10-16-12-4-7-13(20-2)8-5-12/h3-9,16H,10H2,1-2H3,(H,18,19).